The van der Waals surface area contributed by atoms with Gasteiger partial charge in [-0.15, -0.1) is 0 Å². The van der Waals surface area contributed by atoms with Gasteiger partial charge in [-0.25, -0.2) is 0 Å². The summed E-state index contributed by atoms with van der Waals surface area (Å²) in [6.07, 6.45) is 0. The quantitative estimate of drug-likeness (QED) is 0.694. The van der Waals surface area contributed by atoms with Gasteiger partial charge in [0.1, 0.15) is 0 Å². The van der Waals surface area contributed by atoms with E-state index >= 15 is 0 Å². The van der Waals surface area contributed by atoms with E-state index in [1.807, 2.05) is 0 Å². The van der Waals surface area contributed by atoms with Gasteiger partial charge in [0.2, 0.25) is 0 Å². The van der Waals surface area contributed by atoms with E-state index in [2.05, 4.69) is 32.6 Å². The molecule has 0 aromatic rings. The monoisotopic (exact) mass is 186 g/mol. The second-order valence-electron chi connectivity index (χ2n) is 4.66. The van der Waals surface area contributed by atoms with Crippen LogP contribution in [0.25, 0.3) is 0 Å². The summed E-state index contributed by atoms with van der Waals surface area (Å²) in [6, 6.07) is 0.649. The van der Waals surface area contributed by atoms with Crippen LogP contribution in [-0.2, 0) is 4.74 Å². The second-order valence-corrected chi connectivity index (χ2v) is 4.66. The molecule has 0 aliphatic carbocycles. The number of morpholine rings is 1. The first-order valence-electron chi connectivity index (χ1n) is 5.05. The minimum Gasteiger partial charge on any atom is -0.378 e. The largest absolute Gasteiger partial charge is 0.378 e. The molecule has 1 fully saturated rings. The number of hydrogen-bond donors (Lipinski definition) is 1. The summed E-state index contributed by atoms with van der Waals surface area (Å²) < 4.78 is 5.46. The van der Waals surface area contributed by atoms with Crippen molar-refractivity contribution >= 4 is 0 Å². The Morgan fingerprint density at radius 2 is 2.00 bits per heavy atom. The van der Waals surface area contributed by atoms with Crippen LogP contribution in [0.1, 0.15) is 27.7 Å². The van der Waals surface area contributed by atoms with Gasteiger partial charge in [-0.3, -0.25) is 4.90 Å². The minimum absolute atomic E-state index is 0.130. The molecular weight excluding hydrogens is 164 g/mol. The average molecular weight is 186 g/mol. The Balaban J connectivity index is 2.65. The molecule has 1 aliphatic rings. The maximum absolute atomic E-state index is 5.91. The van der Waals surface area contributed by atoms with E-state index in [0.29, 0.717) is 6.04 Å². The van der Waals surface area contributed by atoms with Crippen LogP contribution in [0.5, 0.6) is 0 Å². The van der Waals surface area contributed by atoms with Gasteiger partial charge in [0.05, 0.1) is 13.2 Å². The van der Waals surface area contributed by atoms with E-state index in [1.54, 1.807) is 0 Å². The predicted octanol–water partition coefficient (Wildman–Crippen LogP) is 0.833. The van der Waals surface area contributed by atoms with Crippen molar-refractivity contribution in [3.63, 3.8) is 0 Å². The molecule has 0 radical (unpaired) electrons. The Hall–Kier alpha value is -0.120. The second kappa shape index (κ2) is 3.95. The Morgan fingerprint density at radius 1 is 1.38 bits per heavy atom. The molecule has 3 heteroatoms. The zero-order valence-corrected chi connectivity index (χ0v) is 9.21. The smallest absolute Gasteiger partial charge is 0.0645 e. The lowest BCUT2D eigenvalue weighted by molar-refractivity contribution is -0.0718. The van der Waals surface area contributed by atoms with Gasteiger partial charge in [-0.2, -0.15) is 0 Å². The summed E-state index contributed by atoms with van der Waals surface area (Å²) in [5, 5.41) is 0. The Labute approximate surface area is 81.2 Å². The van der Waals surface area contributed by atoms with Crippen LogP contribution >= 0.6 is 0 Å². The van der Waals surface area contributed by atoms with E-state index in [0.717, 1.165) is 19.8 Å². The number of nitrogens with two attached hydrogens (primary N) is 1. The Morgan fingerprint density at radius 3 is 2.46 bits per heavy atom. The normalized spacial score (nSPS) is 28.4. The lowest BCUT2D eigenvalue weighted by atomic mass is 9.98. The van der Waals surface area contributed by atoms with Crippen LogP contribution in [0.15, 0.2) is 0 Å². The number of hydrogen-bond acceptors (Lipinski definition) is 3. The van der Waals surface area contributed by atoms with Crippen molar-refractivity contribution in [3.05, 3.63) is 0 Å². The van der Waals surface area contributed by atoms with Gasteiger partial charge in [0.25, 0.3) is 0 Å². The molecule has 2 atom stereocenters. The lowest BCUT2D eigenvalue weighted by Gasteiger charge is -2.46. The molecule has 3 nitrogen and oxygen atoms in total. The highest BCUT2D eigenvalue weighted by Crippen LogP contribution is 2.22. The van der Waals surface area contributed by atoms with E-state index in [9.17, 15) is 0 Å². The zero-order chi connectivity index (χ0) is 10.1. The molecule has 13 heavy (non-hydrogen) atoms. The number of rotatable bonds is 2. The minimum atomic E-state index is 0.130. The van der Waals surface area contributed by atoms with Crippen LogP contribution in [0.2, 0.25) is 0 Å². The molecule has 0 aromatic carbocycles. The summed E-state index contributed by atoms with van der Waals surface area (Å²) in [5.74, 6) is 0. The third kappa shape index (κ3) is 2.42. The first kappa shape index (κ1) is 11.0. The fraction of sp³-hybridized carbons (Fsp3) is 1.00. The molecule has 1 aliphatic heterocycles. The van der Waals surface area contributed by atoms with Crippen molar-refractivity contribution in [2.24, 2.45) is 5.73 Å². The fourth-order valence-electron chi connectivity index (χ4n) is 1.91. The highest BCUT2D eigenvalue weighted by molar-refractivity contribution is 4.90. The van der Waals surface area contributed by atoms with Crippen LogP contribution in [0.3, 0.4) is 0 Å². The standard InChI is InChI=1S/C10H22N2O/c1-8(11)9(2)12-5-6-13-7-10(12,3)4/h8-9H,5-7,11H2,1-4H3. The van der Waals surface area contributed by atoms with Gasteiger partial charge in [-0.05, 0) is 27.7 Å². The van der Waals surface area contributed by atoms with Gasteiger partial charge < -0.3 is 10.5 Å². The van der Waals surface area contributed by atoms with E-state index in [-0.39, 0.29) is 11.6 Å². The fourth-order valence-corrected chi connectivity index (χ4v) is 1.91. The van der Waals surface area contributed by atoms with E-state index in [1.165, 1.54) is 0 Å². The summed E-state index contributed by atoms with van der Waals surface area (Å²) >= 11 is 0. The molecule has 0 aromatic heterocycles. The topological polar surface area (TPSA) is 38.5 Å². The van der Waals surface area contributed by atoms with Crippen molar-refractivity contribution in [2.75, 3.05) is 19.8 Å². The summed E-state index contributed by atoms with van der Waals surface area (Å²) in [5.41, 5.74) is 6.04. The third-order valence-electron chi connectivity index (χ3n) is 2.96. The molecule has 0 amide bonds. The highest BCUT2D eigenvalue weighted by Gasteiger charge is 2.34. The molecule has 1 saturated heterocycles. The molecular formula is C10H22N2O. The summed E-state index contributed by atoms with van der Waals surface area (Å²) in [4.78, 5) is 2.45. The highest BCUT2D eigenvalue weighted by atomic mass is 16.5. The predicted molar refractivity (Wildman–Crippen MR) is 54.7 cm³/mol. The average Bonchev–Trinajstić information content (AvgIpc) is 2.02. The number of ether oxygens (including phenoxy) is 1. The third-order valence-corrected chi connectivity index (χ3v) is 2.96. The molecule has 0 spiro atoms. The van der Waals surface area contributed by atoms with Crippen LogP contribution < -0.4 is 5.73 Å². The van der Waals surface area contributed by atoms with Crippen molar-refractivity contribution in [2.45, 2.75) is 45.3 Å². The summed E-state index contributed by atoms with van der Waals surface area (Å²) in [6.45, 7) is 11.3. The van der Waals surface area contributed by atoms with E-state index < -0.39 is 0 Å². The molecule has 1 rings (SSSR count). The number of nitrogens with zero attached hydrogens (tertiary/aromatic N) is 1. The molecule has 0 bridgehead atoms. The SMILES string of the molecule is CC(N)C(C)N1CCOCC1(C)C. The first-order chi connectivity index (χ1) is 5.95. The Bertz CT molecular complexity index is 168. The van der Waals surface area contributed by atoms with Gasteiger partial charge in [-0.1, -0.05) is 0 Å². The zero-order valence-electron chi connectivity index (χ0n) is 9.21. The summed E-state index contributed by atoms with van der Waals surface area (Å²) in [7, 11) is 0. The van der Waals surface area contributed by atoms with Crippen molar-refractivity contribution < 1.29 is 4.74 Å². The van der Waals surface area contributed by atoms with Gasteiger partial charge in [0, 0.05) is 24.2 Å². The maximum atomic E-state index is 5.91. The molecule has 0 saturated carbocycles. The van der Waals surface area contributed by atoms with Crippen molar-refractivity contribution in [3.8, 4) is 0 Å². The van der Waals surface area contributed by atoms with Crippen molar-refractivity contribution in [1.29, 1.82) is 0 Å². The van der Waals surface area contributed by atoms with Gasteiger partial charge in [0.15, 0.2) is 0 Å². The molecule has 1 heterocycles. The molecule has 2 N–H and O–H groups in total. The molecule has 78 valence electrons. The first-order valence-corrected chi connectivity index (χ1v) is 5.05. The van der Waals surface area contributed by atoms with Crippen LogP contribution in [-0.4, -0.2) is 42.3 Å². The van der Waals surface area contributed by atoms with Crippen LogP contribution in [0, 0.1) is 0 Å². The lowest BCUT2D eigenvalue weighted by Crippen LogP contribution is -2.60. The maximum Gasteiger partial charge on any atom is 0.0645 e. The molecule has 2 unspecified atom stereocenters. The van der Waals surface area contributed by atoms with E-state index in [4.69, 9.17) is 10.5 Å². The van der Waals surface area contributed by atoms with Crippen molar-refractivity contribution in [1.82, 2.24) is 4.90 Å². The van der Waals surface area contributed by atoms with Crippen LogP contribution in [0.4, 0.5) is 0 Å². The Kier molecular flexibility index (Phi) is 3.33. The van der Waals surface area contributed by atoms with Gasteiger partial charge >= 0.3 is 0 Å².